The third-order valence-electron chi connectivity index (χ3n) is 5.40. The van der Waals surface area contributed by atoms with Gasteiger partial charge in [0.15, 0.2) is 11.5 Å². The zero-order chi connectivity index (χ0) is 27.2. The summed E-state index contributed by atoms with van der Waals surface area (Å²) in [4.78, 5) is 39.1. The Labute approximate surface area is 230 Å². The first-order chi connectivity index (χ1) is 18.3. The highest BCUT2D eigenvalue weighted by Gasteiger charge is 2.36. The molecule has 0 saturated carbocycles. The summed E-state index contributed by atoms with van der Waals surface area (Å²) in [6, 6.07) is 16.1. The average molecular weight is 601 g/mol. The molecule has 3 aromatic carbocycles. The number of carbonyl (C=O) groups is 3. The molecule has 4 rings (SSSR count). The van der Waals surface area contributed by atoms with Crippen LogP contribution in [0.5, 0.6) is 17.2 Å². The lowest BCUT2D eigenvalue weighted by Crippen LogP contribution is -2.36. The number of thioether (sulfide) groups is 1. The van der Waals surface area contributed by atoms with E-state index in [-0.39, 0.29) is 17.3 Å². The van der Waals surface area contributed by atoms with E-state index < -0.39 is 23.6 Å². The van der Waals surface area contributed by atoms with Gasteiger partial charge in [-0.1, -0.05) is 24.3 Å². The normalized spacial score (nSPS) is 14.1. The maximum Gasteiger partial charge on any atom is 0.294 e. The average Bonchev–Trinajstić information content (AvgIpc) is 3.16. The zero-order valence-corrected chi connectivity index (χ0v) is 22.7. The SMILES string of the molecule is COc1ccccc1NC(=O)CN1C(=O)S/C(=C/c2cc(Br)c(OCc3ccc(F)cc3)c(OC)c2)C1=O. The second-order valence-corrected chi connectivity index (χ2v) is 9.81. The van der Waals surface area contributed by atoms with Crippen LogP contribution < -0.4 is 19.5 Å². The first-order valence-corrected chi connectivity index (χ1v) is 12.8. The summed E-state index contributed by atoms with van der Waals surface area (Å²) in [6.07, 6.45) is 1.54. The first-order valence-electron chi connectivity index (χ1n) is 11.2. The van der Waals surface area contributed by atoms with Crippen molar-refractivity contribution in [3.63, 3.8) is 0 Å². The number of para-hydroxylation sites is 2. The van der Waals surface area contributed by atoms with E-state index in [0.717, 1.165) is 22.2 Å². The van der Waals surface area contributed by atoms with Crippen LogP contribution >= 0.6 is 27.7 Å². The second kappa shape index (κ2) is 12.1. The number of nitrogens with zero attached hydrogens (tertiary/aromatic N) is 1. The number of ether oxygens (including phenoxy) is 3. The predicted molar refractivity (Wildman–Crippen MR) is 146 cm³/mol. The highest BCUT2D eigenvalue weighted by atomic mass is 79.9. The maximum atomic E-state index is 13.2. The zero-order valence-electron chi connectivity index (χ0n) is 20.3. The molecule has 1 fully saturated rings. The molecule has 3 amide bonds. The van der Waals surface area contributed by atoms with E-state index in [1.807, 2.05) is 0 Å². The molecular weight excluding hydrogens is 579 g/mol. The van der Waals surface area contributed by atoms with Crippen LogP contribution in [0.15, 0.2) is 70.0 Å². The molecule has 0 unspecified atom stereocenters. The Hall–Kier alpha value is -3.83. The Morgan fingerprint density at radius 3 is 2.47 bits per heavy atom. The molecule has 1 saturated heterocycles. The molecule has 0 aliphatic carbocycles. The Bertz CT molecular complexity index is 1410. The number of anilines is 1. The van der Waals surface area contributed by atoms with E-state index in [1.54, 1.807) is 54.6 Å². The van der Waals surface area contributed by atoms with E-state index in [4.69, 9.17) is 14.2 Å². The Balaban J connectivity index is 1.47. The summed E-state index contributed by atoms with van der Waals surface area (Å²) in [7, 11) is 2.95. The second-order valence-electron chi connectivity index (χ2n) is 7.97. The van der Waals surface area contributed by atoms with E-state index in [2.05, 4.69) is 21.2 Å². The summed E-state index contributed by atoms with van der Waals surface area (Å²) in [5.74, 6) is -0.178. The monoisotopic (exact) mass is 600 g/mol. The smallest absolute Gasteiger partial charge is 0.294 e. The van der Waals surface area contributed by atoms with Crippen molar-refractivity contribution in [3.05, 3.63) is 87.0 Å². The van der Waals surface area contributed by atoms with E-state index in [9.17, 15) is 18.8 Å². The number of benzene rings is 3. The first kappa shape index (κ1) is 27.2. The molecule has 38 heavy (non-hydrogen) atoms. The molecule has 1 aliphatic rings. The summed E-state index contributed by atoms with van der Waals surface area (Å²) in [6.45, 7) is -0.256. The van der Waals surface area contributed by atoms with E-state index >= 15 is 0 Å². The van der Waals surface area contributed by atoms with Crippen molar-refractivity contribution in [1.82, 2.24) is 4.90 Å². The van der Waals surface area contributed by atoms with Gasteiger partial charge in [0.05, 0.1) is 29.3 Å². The van der Waals surface area contributed by atoms with Crippen molar-refractivity contribution in [2.75, 3.05) is 26.1 Å². The van der Waals surface area contributed by atoms with Gasteiger partial charge in [-0.25, -0.2) is 4.39 Å². The molecule has 0 aromatic heterocycles. The lowest BCUT2D eigenvalue weighted by Gasteiger charge is -2.14. The lowest BCUT2D eigenvalue weighted by molar-refractivity contribution is -0.127. The van der Waals surface area contributed by atoms with Crippen LogP contribution in [0.4, 0.5) is 14.9 Å². The molecule has 3 aromatic rings. The highest BCUT2D eigenvalue weighted by molar-refractivity contribution is 9.10. The van der Waals surface area contributed by atoms with Gasteiger partial charge in [0.25, 0.3) is 11.1 Å². The number of rotatable bonds is 9. The molecule has 196 valence electrons. The summed E-state index contributed by atoms with van der Waals surface area (Å²) >= 11 is 4.20. The number of hydrogen-bond acceptors (Lipinski definition) is 7. The number of methoxy groups -OCH3 is 2. The molecule has 0 bridgehead atoms. The summed E-state index contributed by atoms with van der Waals surface area (Å²) < 4.78 is 30.2. The summed E-state index contributed by atoms with van der Waals surface area (Å²) in [5.41, 5.74) is 1.78. The van der Waals surface area contributed by atoms with Crippen LogP contribution in [0.2, 0.25) is 0 Å². The van der Waals surface area contributed by atoms with Gasteiger partial charge in [0.2, 0.25) is 5.91 Å². The van der Waals surface area contributed by atoms with Crippen molar-refractivity contribution >= 4 is 56.5 Å². The van der Waals surface area contributed by atoms with Crippen molar-refractivity contribution in [2.24, 2.45) is 0 Å². The minimum atomic E-state index is -0.582. The molecule has 0 spiro atoms. The number of carbonyl (C=O) groups excluding carboxylic acids is 3. The molecule has 8 nitrogen and oxygen atoms in total. The fraction of sp³-hybridized carbons (Fsp3) is 0.148. The maximum absolute atomic E-state index is 13.2. The Kier molecular flexibility index (Phi) is 8.70. The van der Waals surface area contributed by atoms with Crippen molar-refractivity contribution in [1.29, 1.82) is 0 Å². The van der Waals surface area contributed by atoms with Gasteiger partial charge in [0.1, 0.15) is 24.7 Å². The molecule has 1 aliphatic heterocycles. The van der Waals surface area contributed by atoms with Gasteiger partial charge >= 0.3 is 0 Å². The molecular formula is C27H22BrFN2O6S. The van der Waals surface area contributed by atoms with Crippen molar-refractivity contribution in [3.8, 4) is 17.2 Å². The standard InChI is InChI=1S/C27H22BrFN2O6S/c1-35-21-6-4-3-5-20(21)30-24(32)14-31-26(33)23(38-27(31)34)13-17-11-19(28)25(22(12-17)36-2)37-15-16-7-9-18(29)10-8-16/h3-13H,14-15H2,1-2H3,(H,30,32)/b23-13+. The predicted octanol–water partition coefficient (Wildman–Crippen LogP) is 5.86. The van der Waals surface area contributed by atoms with Crippen LogP contribution in [-0.2, 0) is 16.2 Å². The number of hydrogen-bond donors (Lipinski definition) is 1. The van der Waals surface area contributed by atoms with Gasteiger partial charge in [0, 0.05) is 0 Å². The number of halogens is 2. The van der Waals surface area contributed by atoms with Gasteiger partial charge in [-0.2, -0.15) is 0 Å². The molecule has 1 N–H and O–H groups in total. The number of amides is 3. The van der Waals surface area contributed by atoms with Gasteiger partial charge in [-0.3, -0.25) is 19.3 Å². The lowest BCUT2D eigenvalue weighted by atomic mass is 10.1. The molecule has 1 heterocycles. The highest BCUT2D eigenvalue weighted by Crippen LogP contribution is 2.39. The number of imide groups is 1. The minimum Gasteiger partial charge on any atom is -0.495 e. The third-order valence-corrected chi connectivity index (χ3v) is 6.90. The van der Waals surface area contributed by atoms with Gasteiger partial charge < -0.3 is 19.5 Å². The Morgan fingerprint density at radius 2 is 1.76 bits per heavy atom. The van der Waals surface area contributed by atoms with Crippen molar-refractivity contribution < 1.29 is 33.0 Å². The van der Waals surface area contributed by atoms with Crippen LogP contribution in [0.1, 0.15) is 11.1 Å². The summed E-state index contributed by atoms with van der Waals surface area (Å²) in [5, 5.41) is 2.10. The fourth-order valence-electron chi connectivity index (χ4n) is 3.57. The van der Waals surface area contributed by atoms with Crippen LogP contribution in [0.3, 0.4) is 0 Å². The van der Waals surface area contributed by atoms with E-state index in [0.29, 0.717) is 33.0 Å². The molecule has 0 radical (unpaired) electrons. The van der Waals surface area contributed by atoms with Gasteiger partial charge in [-0.05, 0) is 81.3 Å². The topological polar surface area (TPSA) is 94.2 Å². The van der Waals surface area contributed by atoms with Crippen LogP contribution in [0, 0.1) is 5.82 Å². The fourth-order valence-corrected chi connectivity index (χ4v) is 4.98. The van der Waals surface area contributed by atoms with Gasteiger partial charge in [-0.15, -0.1) is 0 Å². The van der Waals surface area contributed by atoms with Crippen LogP contribution in [0.25, 0.3) is 6.08 Å². The van der Waals surface area contributed by atoms with Crippen molar-refractivity contribution in [2.45, 2.75) is 6.61 Å². The Morgan fingerprint density at radius 1 is 1.05 bits per heavy atom. The quantitative estimate of drug-likeness (QED) is 0.307. The van der Waals surface area contributed by atoms with E-state index in [1.165, 1.54) is 26.4 Å². The largest absolute Gasteiger partial charge is 0.495 e. The number of nitrogens with one attached hydrogen (secondary N) is 1. The van der Waals surface area contributed by atoms with Crippen LogP contribution in [-0.4, -0.2) is 42.7 Å². The molecule has 11 heteroatoms. The third kappa shape index (κ3) is 6.35. The molecule has 0 atom stereocenters. The minimum absolute atomic E-state index is 0.161.